The van der Waals surface area contributed by atoms with E-state index in [1.165, 1.54) is 5.56 Å². The third-order valence-electron chi connectivity index (χ3n) is 2.72. The number of rotatable bonds is 4. The Bertz CT molecular complexity index is 590. The Morgan fingerprint density at radius 2 is 2.16 bits per heavy atom. The van der Waals surface area contributed by atoms with E-state index in [-0.39, 0.29) is 0 Å². The van der Waals surface area contributed by atoms with Crippen molar-refractivity contribution in [3.8, 4) is 5.75 Å². The van der Waals surface area contributed by atoms with Crippen molar-refractivity contribution in [1.29, 1.82) is 0 Å². The molecule has 19 heavy (non-hydrogen) atoms. The van der Waals surface area contributed by atoms with Crippen LogP contribution in [-0.2, 0) is 6.54 Å². The zero-order valence-corrected chi connectivity index (χ0v) is 13.0. The summed E-state index contributed by atoms with van der Waals surface area (Å²) >= 11 is 9.21. The maximum Gasteiger partial charge on any atom is 0.143 e. The summed E-state index contributed by atoms with van der Waals surface area (Å²) in [5.41, 5.74) is 3.21. The number of anilines is 1. The fraction of sp³-hybridized carbons (Fsp3) is 0.214. The lowest BCUT2D eigenvalue weighted by Gasteiger charge is -2.11. The van der Waals surface area contributed by atoms with Crippen LogP contribution in [0.2, 0.25) is 5.15 Å². The Hall–Kier alpha value is -1.26. The predicted molar refractivity (Wildman–Crippen MR) is 82.0 cm³/mol. The van der Waals surface area contributed by atoms with Crippen molar-refractivity contribution in [2.75, 3.05) is 12.4 Å². The van der Waals surface area contributed by atoms with Gasteiger partial charge in [0.2, 0.25) is 0 Å². The summed E-state index contributed by atoms with van der Waals surface area (Å²) in [6, 6.07) is 8.01. The van der Waals surface area contributed by atoms with Gasteiger partial charge >= 0.3 is 0 Å². The molecule has 1 heterocycles. The van der Waals surface area contributed by atoms with Gasteiger partial charge in [-0.2, -0.15) is 0 Å². The van der Waals surface area contributed by atoms with E-state index in [0.29, 0.717) is 11.7 Å². The summed E-state index contributed by atoms with van der Waals surface area (Å²) in [6.07, 6.45) is 1.70. The van der Waals surface area contributed by atoms with Crippen molar-refractivity contribution in [3.05, 3.63) is 51.2 Å². The van der Waals surface area contributed by atoms with Gasteiger partial charge in [-0.05, 0) is 35.0 Å². The summed E-state index contributed by atoms with van der Waals surface area (Å²) in [6.45, 7) is 2.73. The van der Waals surface area contributed by atoms with Crippen LogP contribution in [0.5, 0.6) is 5.75 Å². The molecule has 0 radical (unpaired) electrons. The van der Waals surface area contributed by atoms with Gasteiger partial charge in [0.05, 0.1) is 23.5 Å². The van der Waals surface area contributed by atoms with Crippen LogP contribution in [0.15, 0.2) is 34.9 Å². The molecule has 0 atom stereocenters. The molecule has 2 aromatic rings. The molecule has 0 aliphatic rings. The highest BCUT2D eigenvalue weighted by Gasteiger charge is 2.04. The quantitative estimate of drug-likeness (QED) is 0.836. The van der Waals surface area contributed by atoms with E-state index < -0.39 is 0 Å². The molecule has 0 unspecified atom stereocenters. The number of pyridine rings is 1. The molecular weight excluding hydrogens is 328 g/mol. The van der Waals surface area contributed by atoms with E-state index in [9.17, 15) is 0 Å². The Morgan fingerprint density at radius 3 is 2.84 bits per heavy atom. The zero-order valence-electron chi connectivity index (χ0n) is 10.7. The molecule has 2 rings (SSSR count). The lowest BCUT2D eigenvalue weighted by molar-refractivity contribution is 0.410. The Labute approximate surface area is 126 Å². The van der Waals surface area contributed by atoms with Crippen molar-refractivity contribution in [3.63, 3.8) is 0 Å². The SMILES string of the molecule is COc1ccc(C)cc1CNc1cnc(Cl)c(Br)c1. The van der Waals surface area contributed by atoms with Crippen LogP contribution in [0.4, 0.5) is 5.69 Å². The van der Waals surface area contributed by atoms with Crippen molar-refractivity contribution in [2.45, 2.75) is 13.5 Å². The average molecular weight is 342 g/mol. The third-order valence-corrected chi connectivity index (χ3v) is 3.85. The van der Waals surface area contributed by atoms with E-state index in [2.05, 4.69) is 39.2 Å². The van der Waals surface area contributed by atoms with Crippen molar-refractivity contribution >= 4 is 33.2 Å². The van der Waals surface area contributed by atoms with E-state index >= 15 is 0 Å². The summed E-state index contributed by atoms with van der Waals surface area (Å²) in [5.74, 6) is 0.874. The number of aromatic nitrogens is 1. The van der Waals surface area contributed by atoms with E-state index in [0.717, 1.165) is 21.5 Å². The number of hydrogen-bond acceptors (Lipinski definition) is 3. The Kier molecular flexibility index (Phi) is 4.66. The number of nitrogens with zero attached hydrogens (tertiary/aromatic N) is 1. The topological polar surface area (TPSA) is 34.1 Å². The molecule has 1 aromatic carbocycles. The maximum atomic E-state index is 5.86. The van der Waals surface area contributed by atoms with Crippen molar-refractivity contribution in [1.82, 2.24) is 4.98 Å². The van der Waals surface area contributed by atoms with Gasteiger partial charge in [0.25, 0.3) is 0 Å². The first-order chi connectivity index (χ1) is 9.10. The molecule has 0 bridgehead atoms. The van der Waals surface area contributed by atoms with Crippen molar-refractivity contribution < 1.29 is 4.74 Å². The molecule has 0 spiro atoms. The van der Waals surface area contributed by atoms with Gasteiger partial charge in [-0.1, -0.05) is 29.3 Å². The number of nitrogens with one attached hydrogen (secondary N) is 1. The second kappa shape index (κ2) is 6.26. The summed E-state index contributed by atoms with van der Waals surface area (Å²) in [5, 5.41) is 3.76. The lowest BCUT2D eigenvalue weighted by atomic mass is 10.1. The average Bonchev–Trinajstić information content (AvgIpc) is 2.40. The molecule has 5 heteroatoms. The van der Waals surface area contributed by atoms with E-state index in [1.54, 1.807) is 13.3 Å². The van der Waals surface area contributed by atoms with E-state index in [1.807, 2.05) is 18.2 Å². The molecule has 100 valence electrons. The smallest absolute Gasteiger partial charge is 0.143 e. The number of hydrogen-bond donors (Lipinski definition) is 1. The normalized spacial score (nSPS) is 10.3. The summed E-state index contributed by atoms with van der Waals surface area (Å²) < 4.78 is 6.12. The fourth-order valence-electron chi connectivity index (χ4n) is 1.76. The number of aryl methyl sites for hydroxylation is 1. The number of ether oxygens (including phenoxy) is 1. The molecule has 0 aliphatic heterocycles. The molecule has 0 aliphatic carbocycles. The summed E-state index contributed by atoms with van der Waals surface area (Å²) in [4.78, 5) is 4.08. The Morgan fingerprint density at radius 1 is 1.37 bits per heavy atom. The molecule has 0 fully saturated rings. The molecule has 3 nitrogen and oxygen atoms in total. The van der Waals surface area contributed by atoms with Crippen LogP contribution in [-0.4, -0.2) is 12.1 Å². The highest BCUT2D eigenvalue weighted by atomic mass is 79.9. The van der Waals surface area contributed by atoms with Gasteiger partial charge in [-0.3, -0.25) is 0 Å². The second-order valence-electron chi connectivity index (χ2n) is 4.17. The zero-order chi connectivity index (χ0) is 13.8. The monoisotopic (exact) mass is 340 g/mol. The number of methoxy groups -OCH3 is 1. The highest BCUT2D eigenvalue weighted by molar-refractivity contribution is 9.10. The van der Waals surface area contributed by atoms with E-state index in [4.69, 9.17) is 16.3 Å². The first kappa shape index (κ1) is 14.2. The molecule has 0 amide bonds. The minimum absolute atomic E-state index is 0.457. The van der Waals surface area contributed by atoms with Crippen LogP contribution in [0.25, 0.3) is 0 Å². The van der Waals surface area contributed by atoms with Gasteiger partial charge in [0.15, 0.2) is 0 Å². The lowest BCUT2D eigenvalue weighted by Crippen LogP contribution is -2.02. The number of halogens is 2. The summed E-state index contributed by atoms with van der Waals surface area (Å²) in [7, 11) is 1.68. The van der Waals surface area contributed by atoms with Gasteiger partial charge in [-0.15, -0.1) is 0 Å². The first-order valence-electron chi connectivity index (χ1n) is 5.78. The van der Waals surface area contributed by atoms with Gasteiger partial charge in [0.1, 0.15) is 10.9 Å². The van der Waals surface area contributed by atoms with Crippen LogP contribution in [0.3, 0.4) is 0 Å². The van der Waals surface area contributed by atoms with Gasteiger partial charge < -0.3 is 10.1 Å². The highest BCUT2D eigenvalue weighted by Crippen LogP contribution is 2.24. The third kappa shape index (κ3) is 3.61. The number of benzene rings is 1. The Balaban J connectivity index is 2.13. The van der Waals surface area contributed by atoms with Gasteiger partial charge in [-0.25, -0.2) is 4.98 Å². The predicted octanol–water partition coefficient (Wildman–Crippen LogP) is 4.43. The molecule has 1 N–H and O–H groups in total. The molecule has 1 aromatic heterocycles. The fourth-order valence-corrected chi connectivity index (χ4v) is 2.21. The first-order valence-corrected chi connectivity index (χ1v) is 6.95. The van der Waals surface area contributed by atoms with Crippen LogP contribution >= 0.6 is 27.5 Å². The molecule has 0 saturated heterocycles. The second-order valence-corrected chi connectivity index (χ2v) is 5.38. The largest absolute Gasteiger partial charge is 0.496 e. The van der Waals surface area contributed by atoms with Crippen molar-refractivity contribution in [2.24, 2.45) is 0 Å². The van der Waals surface area contributed by atoms with Crippen LogP contribution in [0.1, 0.15) is 11.1 Å². The minimum atomic E-state index is 0.457. The standard InChI is InChI=1S/C14H14BrClN2O/c1-9-3-4-13(19-2)10(5-9)7-17-11-6-12(15)14(16)18-8-11/h3-6,8,17H,7H2,1-2H3. The van der Waals surface area contributed by atoms with Crippen LogP contribution in [0, 0.1) is 6.92 Å². The molecule has 0 saturated carbocycles. The molecular formula is C14H14BrClN2O. The van der Waals surface area contributed by atoms with Gasteiger partial charge in [0, 0.05) is 12.1 Å². The maximum absolute atomic E-state index is 5.86. The minimum Gasteiger partial charge on any atom is -0.496 e. The van der Waals surface area contributed by atoms with Crippen LogP contribution < -0.4 is 10.1 Å².